The van der Waals surface area contributed by atoms with Crippen LogP contribution in [-0.4, -0.2) is 51.3 Å². The van der Waals surface area contributed by atoms with E-state index < -0.39 is 0 Å². The van der Waals surface area contributed by atoms with Gasteiger partial charge in [0, 0.05) is 45.1 Å². The minimum Gasteiger partial charge on any atom is -0.381 e. The molecule has 128 valence electrons. The van der Waals surface area contributed by atoms with E-state index in [1.54, 1.807) is 7.05 Å². The van der Waals surface area contributed by atoms with Gasteiger partial charge < -0.3 is 15.0 Å². The molecular weight excluding hydrogens is 293 g/mol. The van der Waals surface area contributed by atoms with Gasteiger partial charge in [-0.3, -0.25) is 4.99 Å². The van der Waals surface area contributed by atoms with Crippen LogP contribution >= 0.6 is 0 Å². The lowest BCUT2D eigenvalue weighted by Gasteiger charge is -2.30. The highest BCUT2D eigenvalue weighted by molar-refractivity contribution is 5.79. The predicted molar refractivity (Wildman–Crippen MR) is 92.3 cm³/mol. The number of hydrogen-bond donors (Lipinski definition) is 1. The van der Waals surface area contributed by atoms with Crippen LogP contribution < -0.4 is 5.32 Å². The zero-order chi connectivity index (χ0) is 16.9. The van der Waals surface area contributed by atoms with E-state index in [1.807, 2.05) is 12.1 Å². The Labute approximate surface area is 138 Å². The molecule has 1 aliphatic rings. The van der Waals surface area contributed by atoms with E-state index in [4.69, 9.17) is 4.74 Å². The summed E-state index contributed by atoms with van der Waals surface area (Å²) < 4.78 is 18.5. The molecule has 1 atom stereocenters. The highest BCUT2D eigenvalue weighted by Crippen LogP contribution is 2.22. The van der Waals surface area contributed by atoms with Gasteiger partial charge in [-0.15, -0.1) is 0 Å². The smallest absolute Gasteiger partial charge is 0.193 e. The molecule has 0 saturated carbocycles. The number of hydrogen-bond acceptors (Lipinski definition) is 2. The van der Waals surface area contributed by atoms with Crippen LogP contribution in [0.25, 0.3) is 0 Å². The summed E-state index contributed by atoms with van der Waals surface area (Å²) in [5.74, 6) is 1.25. The Balaban J connectivity index is 1.92. The lowest BCUT2D eigenvalue weighted by molar-refractivity contribution is 0.181. The Morgan fingerprint density at radius 3 is 2.65 bits per heavy atom. The molecule has 1 fully saturated rings. The lowest BCUT2D eigenvalue weighted by Crippen LogP contribution is -2.45. The van der Waals surface area contributed by atoms with Crippen LogP contribution in [0.2, 0.25) is 0 Å². The van der Waals surface area contributed by atoms with Crippen molar-refractivity contribution in [3.8, 4) is 0 Å². The number of nitrogens with one attached hydrogen (secondary N) is 1. The van der Waals surface area contributed by atoms with Crippen molar-refractivity contribution in [1.29, 1.82) is 0 Å². The first-order valence-corrected chi connectivity index (χ1v) is 8.18. The van der Waals surface area contributed by atoms with Crippen molar-refractivity contribution in [2.45, 2.75) is 25.7 Å². The second-order valence-electron chi connectivity index (χ2n) is 6.90. The molecular formula is C18H28FN3O. The van der Waals surface area contributed by atoms with Gasteiger partial charge in [-0.2, -0.15) is 0 Å². The Morgan fingerprint density at radius 1 is 1.39 bits per heavy atom. The van der Waals surface area contributed by atoms with Gasteiger partial charge in [0.1, 0.15) is 5.82 Å². The van der Waals surface area contributed by atoms with E-state index in [0.717, 1.165) is 44.2 Å². The third kappa shape index (κ3) is 4.93. The first-order chi connectivity index (χ1) is 10.9. The molecule has 1 N–H and O–H groups in total. The van der Waals surface area contributed by atoms with E-state index in [0.29, 0.717) is 5.92 Å². The normalized spacial score (nSPS) is 19.0. The zero-order valence-corrected chi connectivity index (χ0v) is 14.6. The molecule has 5 heteroatoms. The Kier molecular flexibility index (Phi) is 5.99. The average Bonchev–Trinajstić information content (AvgIpc) is 3.01. The second-order valence-corrected chi connectivity index (χ2v) is 6.90. The third-order valence-electron chi connectivity index (χ3n) is 4.44. The number of rotatable bonds is 5. The van der Waals surface area contributed by atoms with Crippen molar-refractivity contribution in [2.75, 3.05) is 40.4 Å². The molecule has 1 aromatic carbocycles. The summed E-state index contributed by atoms with van der Waals surface area (Å²) in [6.45, 7) is 7.66. The van der Waals surface area contributed by atoms with Gasteiger partial charge in [-0.25, -0.2) is 4.39 Å². The molecule has 0 aliphatic carbocycles. The lowest BCUT2D eigenvalue weighted by atomic mass is 9.84. The van der Waals surface area contributed by atoms with E-state index in [-0.39, 0.29) is 11.2 Å². The number of ether oxygens (including phenoxy) is 1. The van der Waals surface area contributed by atoms with Gasteiger partial charge in [0.2, 0.25) is 0 Å². The molecule has 1 heterocycles. The molecule has 2 rings (SSSR count). The van der Waals surface area contributed by atoms with E-state index in [1.165, 1.54) is 12.1 Å². The zero-order valence-electron chi connectivity index (χ0n) is 14.6. The first kappa shape index (κ1) is 17.7. The Morgan fingerprint density at radius 2 is 2.09 bits per heavy atom. The molecule has 1 saturated heterocycles. The largest absolute Gasteiger partial charge is 0.381 e. The third-order valence-corrected chi connectivity index (χ3v) is 4.44. The SMILES string of the molecule is CN=C(NCC(C)(C)c1ccc(F)cc1)N(C)CC1CCOC1. The van der Waals surface area contributed by atoms with Crippen LogP contribution in [0, 0.1) is 11.7 Å². The van der Waals surface area contributed by atoms with Crippen LogP contribution in [0.5, 0.6) is 0 Å². The molecule has 0 radical (unpaired) electrons. The molecule has 0 aromatic heterocycles. The number of aliphatic imine (C=N–C) groups is 1. The fourth-order valence-corrected chi connectivity index (χ4v) is 2.89. The molecule has 1 aliphatic heterocycles. The summed E-state index contributed by atoms with van der Waals surface area (Å²) in [6, 6.07) is 6.72. The van der Waals surface area contributed by atoms with Crippen molar-refractivity contribution >= 4 is 5.96 Å². The van der Waals surface area contributed by atoms with Gasteiger partial charge in [-0.1, -0.05) is 26.0 Å². The van der Waals surface area contributed by atoms with E-state index in [9.17, 15) is 4.39 Å². The van der Waals surface area contributed by atoms with Crippen LogP contribution in [0.1, 0.15) is 25.8 Å². The van der Waals surface area contributed by atoms with Crippen LogP contribution in [-0.2, 0) is 10.2 Å². The Bertz CT molecular complexity index is 522. The van der Waals surface area contributed by atoms with Crippen molar-refractivity contribution in [3.05, 3.63) is 35.6 Å². The number of halogens is 1. The molecule has 1 unspecified atom stereocenters. The fraction of sp³-hybridized carbons (Fsp3) is 0.611. The van der Waals surface area contributed by atoms with E-state index >= 15 is 0 Å². The maximum Gasteiger partial charge on any atom is 0.193 e. The summed E-state index contributed by atoms with van der Waals surface area (Å²) in [5.41, 5.74) is 0.995. The second kappa shape index (κ2) is 7.77. The van der Waals surface area contributed by atoms with Gasteiger partial charge in [-0.05, 0) is 24.1 Å². The van der Waals surface area contributed by atoms with Crippen LogP contribution in [0.3, 0.4) is 0 Å². The number of benzene rings is 1. The summed E-state index contributed by atoms with van der Waals surface area (Å²) in [4.78, 5) is 6.52. The minimum absolute atomic E-state index is 0.110. The quantitative estimate of drug-likeness (QED) is 0.669. The van der Waals surface area contributed by atoms with Gasteiger partial charge in [0.25, 0.3) is 0 Å². The predicted octanol–water partition coefficient (Wildman–Crippen LogP) is 2.65. The van der Waals surface area contributed by atoms with Gasteiger partial charge in [0.15, 0.2) is 5.96 Å². The molecule has 23 heavy (non-hydrogen) atoms. The van der Waals surface area contributed by atoms with Crippen molar-refractivity contribution in [3.63, 3.8) is 0 Å². The topological polar surface area (TPSA) is 36.9 Å². The molecule has 0 bridgehead atoms. The highest BCUT2D eigenvalue weighted by atomic mass is 19.1. The molecule has 1 aromatic rings. The van der Waals surface area contributed by atoms with Gasteiger partial charge >= 0.3 is 0 Å². The van der Waals surface area contributed by atoms with Gasteiger partial charge in [0.05, 0.1) is 6.61 Å². The summed E-state index contributed by atoms with van der Waals surface area (Å²) in [6.07, 6.45) is 1.11. The van der Waals surface area contributed by atoms with E-state index in [2.05, 4.69) is 36.1 Å². The van der Waals surface area contributed by atoms with Crippen molar-refractivity contribution in [2.24, 2.45) is 10.9 Å². The Hall–Kier alpha value is -1.62. The summed E-state index contributed by atoms with van der Waals surface area (Å²) in [7, 11) is 3.85. The monoisotopic (exact) mass is 321 g/mol. The number of guanidine groups is 1. The minimum atomic E-state index is -0.202. The maximum absolute atomic E-state index is 13.1. The van der Waals surface area contributed by atoms with Crippen LogP contribution in [0.15, 0.2) is 29.3 Å². The average molecular weight is 321 g/mol. The van der Waals surface area contributed by atoms with Crippen molar-refractivity contribution in [1.82, 2.24) is 10.2 Å². The van der Waals surface area contributed by atoms with Crippen molar-refractivity contribution < 1.29 is 9.13 Å². The molecule has 0 amide bonds. The summed E-state index contributed by atoms with van der Waals surface area (Å²) in [5, 5.41) is 3.44. The first-order valence-electron chi connectivity index (χ1n) is 8.18. The fourth-order valence-electron chi connectivity index (χ4n) is 2.89. The molecule has 4 nitrogen and oxygen atoms in total. The highest BCUT2D eigenvalue weighted by Gasteiger charge is 2.23. The van der Waals surface area contributed by atoms with Crippen LogP contribution in [0.4, 0.5) is 4.39 Å². The standard InChI is InChI=1S/C18H28FN3O/c1-18(2,15-5-7-16(19)8-6-15)13-21-17(20-3)22(4)11-14-9-10-23-12-14/h5-8,14H,9-13H2,1-4H3,(H,20,21). The maximum atomic E-state index is 13.1. The molecule has 0 spiro atoms. The number of nitrogens with zero attached hydrogens (tertiary/aromatic N) is 2. The summed E-state index contributed by atoms with van der Waals surface area (Å²) >= 11 is 0.